The van der Waals surface area contributed by atoms with Crippen LogP contribution in [0.4, 0.5) is 5.95 Å². The first-order valence-electron chi connectivity index (χ1n) is 8.58. The van der Waals surface area contributed by atoms with Gasteiger partial charge in [0.1, 0.15) is 0 Å². The summed E-state index contributed by atoms with van der Waals surface area (Å²) in [6.45, 7) is 0. The van der Waals surface area contributed by atoms with E-state index in [4.69, 9.17) is 9.47 Å². The van der Waals surface area contributed by atoms with E-state index in [0.717, 1.165) is 22.0 Å². The largest absolute Gasteiger partial charge is 0.493 e. The molecule has 0 aliphatic carbocycles. The van der Waals surface area contributed by atoms with Crippen molar-refractivity contribution in [3.05, 3.63) is 66.2 Å². The van der Waals surface area contributed by atoms with Gasteiger partial charge in [-0.2, -0.15) is 9.78 Å². The van der Waals surface area contributed by atoms with Gasteiger partial charge in [-0.05, 0) is 34.0 Å². The van der Waals surface area contributed by atoms with E-state index in [9.17, 15) is 0 Å². The average molecular weight is 374 g/mol. The van der Waals surface area contributed by atoms with E-state index in [0.29, 0.717) is 17.4 Å². The maximum atomic E-state index is 5.41. The lowest BCUT2D eigenvalue weighted by atomic mass is 10.1. The second-order valence-corrected chi connectivity index (χ2v) is 5.87. The standard InChI is InChI=1S/C20H18N6O2/c1-27-18-12-6-9-15(19(18)28-2)13-21-22-20-23-24-25-26(20)17-11-5-8-14-7-3-4-10-16(14)17/h3-13H,1-2H3,(H,22,23,25)/b21-13+. The van der Waals surface area contributed by atoms with Crippen molar-refractivity contribution >= 4 is 22.9 Å². The second-order valence-electron chi connectivity index (χ2n) is 5.87. The molecule has 1 N–H and O–H groups in total. The van der Waals surface area contributed by atoms with Crippen LogP contribution in [0.5, 0.6) is 11.5 Å². The molecule has 8 nitrogen and oxygen atoms in total. The Bertz CT molecular complexity index is 1130. The zero-order valence-corrected chi connectivity index (χ0v) is 15.4. The number of anilines is 1. The van der Waals surface area contributed by atoms with E-state index in [1.807, 2.05) is 60.7 Å². The molecule has 8 heteroatoms. The summed E-state index contributed by atoms with van der Waals surface area (Å²) in [4.78, 5) is 0. The highest BCUT2D eigenvalue weighted by Gasteiger charge is 2.11. The molecule has 0 amide bonds. The van der Waals surface area contributed by atoms with Gasteiger partial charge in [-0.3, -0.25) is 0 Å². The molecular formula is C20H18N6O2. The predicted octanol–water partition coefficient (Wildman–Crippen LogP) is 3.28. The smallest absolute Gasteiger partial charge is 0.268 e. The highest BCUT2D eigenvalue weighted by atomic mass is 16.5. The fraction of sp³-hybridized carbons (Fsp3) is 0.100. The fourth-order valence-corrected chi connectivity index (χ4v) is 2.99. The first-order valence-corrected chi connectivity index (χ1v) is 8.58. The predicted molar refractivity (Wildman–Crippen MR) is 107 cm³/mol. The zero-order chi connectivity index (χ0) is 19.3. The summed E-state index contributed by atoms with van der Waals surface area (Å²) >= 11 is 0. The van der Waals surface area contributed by atoms with Crippen molar-refractivity contribution in [3.8, 4) is 17.2 Å². The van der Waals surface area contributed by atoms with Crippen molar-refractivity contribution in [2.24, 2.45) is 5.10 Å². The van der Waals surface area contributed by atoms with Gasteiger partial charge in [0, 0.05) is 10.9 Å². The van der Waals surface area contributed by atoms with Crippen molar-refractivity contribution in [1.82, 2.24) is 20.2 Å². The van der Waals surface area contributed by atoms with Crippen LogP contribution in [-0.2, 0) is 0 Å². The van der Waals surface area contributed by atoms with Crippen molar-refractivity contribution in [3.63, 3.8) is 0 Å². The van der Waals surface area contributed by atoms with Gasteiger partial charge in [0.15, 0.2) is 11.5 Å². The minimum absolute atomic E-state index is 0.398. The number of hydrogen-bond acceptors (Lipinski definition) is 7. The van der Waals surface area contributed by atoms with Gasteiger partial charge >= 0.3 is 0 Å². The van der Waals surface area contributed by atoms with E-state index < -0.39 is 0 Å². The Balaban J connectivity index is 1.64. The molecule has 4 rings (SSSR count). The number of ether oxygens (including phenoxy) is 2. The molecule has 0 aliphatic rings. The van der Waals surface area contributed by atoms with Gasteiger partial charge in [0.25, 0.3) is 5.95 Å². The SMILES string of the molecule is COc1cccc(/C=N/Nc2nnnn2-c2cccc3ccccc23)c1OC. The van der Waals surface area contributed by atoms with Crippen molar-refractivity contribution in [2.75, 3.05) is 19.6 Å². The van der Waals surface area contributed by atoms with Gasteiger partial charge < -0.3 is 9.47 Å². The number of fused-ring (bicyclic) bond motifs is 1. The molecule has 0 aliphatic heterocycles. The van der Waals surface area contributed by atoms with Crippen LogP contribution in [0.25, 0.3) is 16.5 Å². The van der Waals surface area contributed by atoms with Gasteiger partial charge in [-0.15, -0.1) is 0 Å². The maximum Gasteiger partial charge on any atom is 0.268 e. The monoisotopic (exact) mass is 374 g/mol. The van der Waals surface area contributed by atoms with Gasteiger partial charge in [-0.25, -0.2) is 5.43 Å². The lowest BCUT2D eigenvalue weighted by molar-refractivity contribution is 0.354. The lowest BCUT2D eigenvalue weighted by Crippen LogP contribution is -2.04. The van der Waals surface area contributed by atoms with Crippen LogP contribution >= 0.6 is 0 Å². The Morgan fingerprint density at radius 1 is 0.964 bits per heavy atom. The summed E-state index contributed by atoms with van der Waals surface area (Å²) in [6.07, 6.45) is 1.63. The van der Waals surface area contributed by atoms with Gasteiger partial charge in [0.05, 0.1) is 26.1 Å². The Hall–Kier alpha value is -3.94. The molecule has 1 heterocycles. The van der Waals surface area contributed by atoms with Crippen LogP contribution in [0.15, 0.2) is 65.8 Å². The molecule has 0 atom stereocenters. The minimum Gasteiger partial charge on any atom is -0.493 e. The highest BCUT2D eigenvalue weighted by Crippen LogP contribution is 2.29. The molecule has 4 aromatic rings. The fourth-order valence-electron chi connectivity index (χ4n) is 2.99. The first-order chi connectivity index (χ1) is 13.8. The van der Waals surface area contributed by atoms with Crippen molar-refractivity contribution < 1.29 is 9.47 Å². The topological polar surface area (TPSA) is 86.5 Å². The number of rotatable bonds is 6. The number of benzene rings is 3. The molecule has 28 heavy (non-hydrogen) atoms. The van der Waals surface area contributed by atoms with E-state index in [1.165, 1.54) is 0 Å². The normalized spacial score (nSPS) is 11.1. The third kappa shape index (κ3) is 3.23. The summed E-state index contributed by atoms with van der Waals surface area (Å²) in [7, 11) is 3.18. The maximum absolute atomic E-state index is 5.41. The Kier molecular flexibility index (Phi) is 4.83. The quantitative estimate of drug-likeness (QED) is 0.412. The van der Waals surface area contributed by atoms with E-state index in [-0.39, 0.29) is 0 Å². The molecule has 1 aromatic heterocycles. The highest BCUT2D eigenvalue weighted by molar-refractivity contribution is 5.90. The summed E-state index contributed by atoms with van der Waals surface area (Å²) in [6, 6.07) is 19.6. The number of aromatic nitrogens is 4. The summed E-state index contributed by atoms with van der Waals surface area (Å²) in [5.74, 6) is 1.63. The molecule has 0 unspecified atom stereocenters. The van der Waals surface area contributed by atoms with Crippen LogP contribution in [0.3, 0.4) is 0 Å². The summed E-state index contributed by atoms with van der Waals surface area (Å²) < 4.78 is 12.3. The number of methoxy groups -OCH3 is 2. The third-order valence-corrected chi connectivity index (χ3v) is 4.27. The van der Waals surface area contributed by atoms with E-state index in [2.05, 4.69) is 26.1 Å². The number of hydrogen-bond donors (Lipinski definition) is 1. The molecule has 140 valence electrons. The molecule has 0 spiro atoms. The van der Waals surface area contributed by atoms with Crippen molar-refractivity contribution in [1.29, 1.82) is 0 Å². The van der Waals surface area contributed by atoms with Crippen LogP contribution in [-0.4, -0.2) is 40.6 Å². The number of nitrogens with zero attached hydrogens (tertiary/aromatic N) is 5. The number of para-hydroxylation sites is 1. The van der Waals surface area contributed by atoms with Gasteiger partial charge in [-0.1, -0.05) is 47.6 Å². The Labute approximate surface area is 161 Å². The molecule has 0 saturated heterocycles. The summed E-state index contributed by atoms with van der Waals surface area (Å²) in [5.41, 5.74) is 4.52. The average Bonchev–Trinajstić information content (AvgIpc) is 3.21. The lowest BCUT2D eigenvalue weighted by Gasteiger charge is -2.09. The Morgan fingerprint density at radius 3 is 2.64 bits per heavy atom. The van der Waals surface area contributed by atoms with Crippen LogP contribution in [0, 0.1) is 0 Å². The molecule has 0 fully saturated rings. The summed E-state index contributed by atoms with van der Waals surface area (Å²) in [5, 5.41) is 18.3. The van der Waals surface area contributed by atoms with Crippen molar-refractivity contribution in [2.45, 2.75) is 0 Å². The molecule has 0 radical (unpaired) electrons. The third-order valence-electron chi connectivity index (χ3n) is 4.27. The van der Waals surface area contributed by atoms with Crippen LogP contribution in [0.1, 0.15) is 5.56 Å². The first kappa shape index (κ1) is 17.5. The molecule has 3 aromatic carbocycles. The minimum atomic E-state index is 0.398. The number of hydrazone groups is 1. The zero-order valence-electron chi connectivity index (χ0n) is 15.4. The molecular weight excluding hydrogens is 356 g/mol. The van der Waals surface area contributed by atoms with E-state index in [1.54, 1.807) is 25.1 Å². The Morgan fingerprint density at radius 2 is 1.79 bits per heavy atom. The van der Waals surface area contributed by atoms with Gasteiger partial charge in [0.2, 0.25) is 0 Å². The number of tetrazole rings is 1. The van der Waals surface area contributed by atoms with Crippen LogP contribution < -0.4 is 14.9 Å². The number of nitrogens with one attached hydrogen (secondary N) is 1. The second kappa shape index (κ2) is 7.75. The molecule has 0 bridgehead atoms. The van der Waals surface area contributed by atoms with Crippen LogP contribution in [0.2, 0.25) is 0 Å². The molecule has 0 saturated carbocycles. The van der Waals surface area contributed by atoms with E-state index >= 15 is 0 Å².